The van der Waals surface area contributed by atoms with Crippen LogP contribution in [-0.2, 0) is 0 Å². The number of pyridine rings is 1. The standard InChI is InChI=1S/C22H39N3O/c1-3-5-7-9-11-13-18-25(19-14-12-10-8-6-4-2)22(24-26)21-16-15-17-23-20-21/h15-17,20,26H,3-14,18-19H2,1-2H3. The molecule has 1 heterocycles. The van der Waals surface area contributed by atoms with Crippen molar-refractivity contribution in [3.63, 3.8) is 0 Å². The first-order valence-electron chi connectivity index (χ1n) is 10.7. The van der Waals surface area contributed by atoms with Crippen molar-refractivity contribution in [3.8, 4) is 0 Å². The quantitative estimate of drug-likeness (QED) is 0.132. The van der Waals surface area contributed by atoms with E-state index >= 15 is 0 Å². The minimum atomic E-state index is 0.667. The Bertz CT molecular complexity index is 446. The summed E-state index contributed by atoms with van der Waals surface area (Å²) in [7, 11) is 0. The van der Waals surface area contributed by atoms with Gasteiger partial charge in [0.05, 0.1) is 0 Å². The van der Waals surface area contributed by atoms with Gasteiger partial charge in [0, 0.05) is 31.0 Å². The highest BCUT2D eigenvalue weighted by Crippen LogP contribution is 2.12. The van der Waals surface area contributed by atoms with Crippen LogP contribution in [0.1, 0.15) is 96.5 Å². The summed E-state index contributed by atoms with van der Waals surface area (Å²) in [5.41, 5.74) is 0.895. The van der Waals surface area contributed by atoms with E-state index in [0.29, 0.717) is 5.84 Å². The molecule has 0 bridgehead atoms. The Hall–Kier alpha value is -1.58. The smallest absolute Gasteiger partial charge is 0.176 e. The van der Waals surface area contributed by atoms with Gasteiger partial charge in [-0.2, -0.15) is 0 Å². The lowest BCUT2D eigenvalue weighted by Crippen LogP contribution is -2.34. The van der Waals surface area contributed by atoms with Crippen LogP contribution in [-0.4, -0.2) is 34.0 Å². The van der Waals surface area contributed by atoms with Crippen molar-refractivity contribution in [2.24, 2.45) is 5.16 Å². The van der Waals surface area contributed by atoms with E-state index in [1.807, 2.05) is 12.1 Å². The Balaban J connectivity index is 2.51. The van der Waals surface area contributed by atoms with E-state index in [0.717, 1.165) is 31.5 Å². The van der Waals surface area contributed by atoms with Crippen LogP contribution in [0.25, 0.3) is 0 Å². The third-order valence-corrected chi connectivity index (χ3v) is 4.88. The molecule has 1 N–H and O–H groups in total. The number of unbranched alkanes of at least 4 members (excludes halogenated alkanes) is 10. The maximum absolute atomic E-state index is 9.61. The molecule has 0 spiro atoms. The first-order valence-corrected chi connectivity index (χ1v) is 10.7. The van der Waals surface area contributed by atoms with Crippen molar-refractivity contribution in [1.82, 2.24) is 9.88 Å². The zero-order chi connectivity index (χ0) is 18.9. The van der Waals surface area contributed by atoms with Crippen molar-refractivity contribution in [2.75, 3.05) is 13.1 Å². The molecule has 0 aliphatic rings. The number of rotatable bonds is 15. The van der Waals surface area contributed by atoms with Crippen molar-refractivity contribution in [2.45, 2.75) is 90.9 Å². The number of oxime groups is 1. The summed E-state index contributed by atoms with van der Waals surface area (Å²) in [5, 5.41) is 13.2. The Morgan fingerprint density at radius 3 is 1.88 bits per heavy atom. The van der Waals surface area contributed by atoms with Gasteiger partial charge >= 0.3 is 0 Å². The molecular formula is C22H39N3O. The third-order valence-electron chi connectivity index (χ3n) is 4.88. The van der Waals surface area contributed by atoms with Crippen LogP contribution in [0, 0.1) is 0 Å². The lowest BCUT2D eigenvalue weighted by Gasteiger charge is -2.25. The Kier molecular flexibility index (Phi) is 13.5. The lowest BCUT2D eigenvalue weighted by atomic mass is 10.1. The first-order chi connectivity index (χ1) is 12.8. The van der Waals surface area contributed by atoms with Crippen LogP contribution in [0.15, 0.2) is 29.7 Å². The predicted molar refractivity (Wildman–Crippen MR) is 111 cm³/mol. The molecule has 26 heavy (non-hydrogen) atoms. The van der Waals surface area contributed by atoms with Gasteiger partial charge in [-0.25, -0.2) is 0 Å². The van der Waals surface area contributed by atoms with Gasteiger partial charge in [-0.15, -0.1) is 0 Å². The Labute approximate surface area is 160 Å². The lowest BCUT2D eigenvalue weighted by molar-refractivity contribution is 0.296. The molecule has 4 heteroatoms. The molecule has 0 saturated heterocycles. The molecule has 1 aromatic heterocycles. The maximum Gasteiger partial charge on any atom is 0.176 e. The van der Waals surface area contributed by atoms with E-state index in [1.165, 1.54) is 64.2 Å². The zero-order valence-electron chi connectivity index (χ0n) is 17.0. The number of hydrogen-bond acceptors (Lipinski definition) is 3. The second kappa shape index (κ2) is 15.7. The van der Waals surface area contributed by atoms with E-state index in [-0.39, 0.29) is 0 Å². The van der Waals surface area contributed by atoms with E-state index < -0.39 is 0 Å². The molecule has 0 radical (unpaired) electrons. The summed E-state index contributed by atoms with van der Waals surface area (Å²) in [5.74, 6) is 0.667. The fourth-order valence-electron chi connectivity index (χ4n) is 3.29. The molecule has 0 aliphatic carbocycles. The highest BCUT2D eigenvalue weighted by atomic mass is 16.4. The second-order valence-corrected chi connectivity index (χ2v) is 7.19. The number of aromatic nitrogens is 1. The minimum absolute atomic E-state index is 0.667. The number of amidine groups is 1. The summed E-state index contributed by atoms with van der Waals surface area (Å²) in [4.78, 5) is 6.42. The largest absolute Gasteiger partial charge is 0.409 e. The van der Waals surface area contributed by atoms with Crippen LogP contribution in [0.2, 0.25) is 0 Å². The first kappa shape index (κ1) is 22.5. The van der Waals surface area contributed by atoms with Gasteiger partial charge in [0.1, 0.15) is 0 Å². The van der Waals surface area contributed by atoms with Crippen LogP contribution in [0.3, 0.4) is 0 Å². The molecule has 148 valence electrons. The molecule has 1 aromatic rings. The monoisotopic (exact) mass is 361 g/mol. The van der Waals surface area contributed by atoms with Gasteiger partial charge in [0.2, 0.25) is 0 Å². The van der Waals surface area contributed by atoms with Gasteiger partial charge in [-0.1, -0.05) is 83.2 Å². The number of hydrogen-bond donors (Lipinski definition) is 1. The Morgan fingerprint density at radius 2 is 1.42 bits per heavy atom. The van der Waals surface area contributed by atoms with Crippen LogP contribution in [0.4, 0.5) is 0 Å². The molecule has 0 unspecified atom stereocenters. The second-order valence-electron chi connectivity index (χ2n) is 7.19. The molecule has 1 rings (SSSR count). The molecule has 0 saturated carbocycles. The van der Waals surface area contributed by atoms with Gasteiger partial charge in [-0.05, 0) is 25.0 Å². The summed E-state index contributed by atoms with van der Waals surface area (Å²) in [6.07, 6.45) is 18.8. The van der Waals surface area contributed by atoms with Crippen molar-refractivity contribution >= 4 is 5.84 Å². The minimum Gasteiger partial charge on any atom is -0.409 e. The highest BCUT2D eigenvalue weighted by molar-refractivity contribution is 5.98. The predicted octanol–water partition coefficient (Wildman–Crippen LogP) is 6.24. The van der Waals surface area contributed by atoms with Crippen LogP contribution in [0.5, 0.6) is 0 Å². The van der Waals surface area contributed by atoms with E-state index in [2.05, 4.69) is 28.9 Å². The molecular weight excluding hydrogens is 322 g/mol. The van der Waals surface area contributed by atoms with Crippen molar-refractivity contribution in [1.29, 1.82) is 0 Å². The SMILES string of the molecule is CCCCCCCCN(CCCCCCCC)C(=NO)c1cccnc1. The van der Waals surface area contributed by atoms with Gasteiger partial charge < -0.3 is 10.1 Å². The topological polar surface area (TPSA) is 48.7 Å². The zero-order valence-corrected chi connectivity index (χ0v) is 17.0. The number of nitrogens with zero attached hydrogens (tertiary/aromatic N) is 3. The van der Waals surface area contributed by atoms with Crippen LogP contribution < -0.4 is 0 Å². The maximum atomic E-state index is 9.61. The average Bonchev–Trinajstić information content (AvgIpc) is 2.68. The highest BCUT2D eigenvalue weighted by Gasteiger charge is 2.14. The van der Waals surface area contributed by atoms with Crippen molar-refractivity contribution in [3.05, 3.63) is 30.1 Å². The molecule has 0 atom stereocenters. The molecule has 0 amide bonds. The van der Waals surface area contributed by atoms with Crippen LogP contribution >= 0.6 is 0 Å². The molecule has 4 nitrogen and oxygen atoms in total. The summed E-state index contributed by atoms with van der Waals surface area (Å²) >= 11 is 0. The normalized spacial score (nSPS) is 11.7. The average molecular weight is 362 g/mol. The van der Waals surface area contributed by atoms with Gasteiger partial charge in [0.15, 0.2) is 5.84 Å². The van der Waals surface area contributed by atoms with Gasteiger partial charge in [-0.3, -0.25) is 4.98 Å². The molecule has 0 aliphatic heterocycles. The van der Waals surface area contributed by atoms with E-state index in [1.54, 1.807) is 12.4 Å². The van der Waals surface area contributed by atoms with E-state index in [4.69, 9.17) is 0 Å². The molecule has 0 aromatic carbocycles. The fraction of sp³-hybridized carbons (Fsp3) is 0.727. The summed E-state index contributed by atoms with van der Waals surface area (Å²) in [6, 6.07) is 3.87. The van der Waals surface area contributed by atoms with E-state index in [9.17, 15) is 5.21 Å². The third kappa shape index (κ3) is 9.79. The fourth-order valence-corrected chi connectivity index (χ4v) is 3.29. The Morgan fingerprint density at radius 1 is 0.885 bits per heavy atom. The summed E-state index contributed by atoms with van der Waals surface area (Å²) in [6.45, 7) is 6.41. The van der Waals surface area contributed by atoms with Crippen molar-refractivity contribution < 1.29 is 5.21 Å². The van der Waals surface area contributed by atoms with Gasteiger partial charge in [0.25, 0.3) is 0 Å². The molecule has 0 fully saturated rings. The summed E-state index contributed by atoms with van der Waals surface area (Å²) < 4.78 is 0.